The largest absolute Gasteiger partial charge is 0.370 e. The molecular weight excluding hydrogens is 282 g/mol. The van der Waals surface area contributed by atoms with Crippen molar-refractivity contribution < 1.29 is 0 Å². The second-order valence-electron chi connectivity index (χ2n) is 5.02. The van der Waals surface area contributed by atoms with Gasteiger partial charge in [0.05, 0.1) is 6.04 Å². The van der Waals surface area contributed by atoms with Gasteiger partial charge in [0.2, 0.25) is 0 Å². The highest BCUT2D eigenvalue weighted by Gasteiger charge is 2.14. The number of rotatable bonds is 7. The SMILES string of the molecule is CCCNc1ncnc(NC(C)c2nc(C)cs2)c1CC. The number of aryl methyl sites for hydroxylation is 1. The number of thiazole rings is 1. The summed E-state index contributed by atoms with van der Waals surface area (Å²) in [5.74, 6) is 1.82. The number of nitrogens with one attached hydrogen (secondary N) is 2. The molecule has 0 saturated heterocycles. The Bertz CT molecular complexity index is 581. The van der Waals surface area contributed by atoms with Gasteiger partial charge in [-0.1, -0.05) is 13.8 Å². The van der Waals surface area contributed by atoms with Crippen molar-refractivity contribution >= 4 is 23.0 Å². The minimum absolute atomic E-state index is 0.142. The van der Waals surface area contributed by atoms with E-state index in [1.807, 2.05) is 6.92 Å². The van der Waals surface area contributed by atoms with E-state index in [1.54, 1.807) is 17.7 Å². The molecule has 0 amide bonds. The average Bonchev–Trinajstić information content (AvgIpc) is 2.92. The highest BCUT2D eigenvalue weighted by Crippen LogP contribution is 2.26. The van der Waals surface area contributed by atoms with E-state index >= 15 is 0 Å². The molecule has 0 aliphatic heterocycles. The van der Waals surface area contributed by atoms with Crippen LogP contribution < -0.4 is 10.6 Å². The van der Waals surface area contributed by atoms with Gasteiger partial charge >= 0.3 is 0 Å². The molecule has 2 N–H and O–H groups in total. The molecule has 1 atom stereocenters. The Morgan fingerprint density at radius 2 is 2.00 bits per heavy atom. The predicted molar refractivity (Wildman–Crippen MR) is 89.1 cm³/mol. The van der Waals surface area contributed by atoms with Crippen LogP contribution in [0.3, 0.4) is 0 Å². The fourth-order valence-corrected chi connectivity index (χ4v) is 2.91. The summed E-state index contributed by atoms with van der Waals surface area (Å²) < 4.78 is 0. The molecule has 0 aliphatic rings. The second-order valence-corrected chi connectivity index (χ2v) is 5.91. The van der Waals surface area contributed by atoms with Gasteiger partial charge in [-0.05, 0) is 26.7 Å². The fraction of sp³-hybridized carbons (Fsp3) is 0.533. The van der Waals surface area contributed by atoms with Crippen LogP contribution in [0.4, 0.5) is 11.6 Å². The van der Waals surface area contributed by atoms with Gasteiger partial charge in [-0.2, -0.15) is 0 Å². The van der Waals surface area contributed by atoms with Crippen LogP contribution in [0.2, 0.25) is 0 Å². The molecule has 2 rings (SSSR count). The van der Waals surface area contributed by atoms with E-state index in [2.05, 4.69) is 51.7 Å². The van der Waals surface area contributed by atoms with Crippen LogP contribution in [-0.2, 0) is 6.42 Å². The first-order valence-electron chi connectivity index (χ1n) is 7.42. The highest BCUT2D eigenvalue weighted by atomic mass is 32.1. The van der Waals surface area contributed by atoms with E-state index in [-0.39, 0.29) is 6.04 Å². The quantitative estimate of drug-likeness (QED) is 0.814. The Balaban J connectivity index is 2.18. The van der Waals surface area contributed by atoms with Crippen molar-refractivity contribution in [1.82, 2.24) is 15.0 Å². The van der Waals surface area contributed by atoms with Gasteiger partial charge in [0.25, 0.3) is 0 Å². The Labute approximate surface area is 130 Å². The Morgan fingerprint density at radius 3 is 2.62 bits per heavy atom. The van der Waals surface area contributed by atoms with Gasteiger partial charge in [0.1, 0.15) is 23.0 Å². The van der Waals surface area contributed by atoms with E-state index in [0.717, 1.165) is 47.3 Å². The van der Waals surface area contributed by atoms with Crippen LogP contribution in [0.25, 0.3) is 0 Å². The summed E-state index contributed by atoms with van der Waals surface area (Å²) in [5, 5.41) is 9.98. The summed E-state index contributed by atoms with van der Waals surface area (Å²) in [6.45, 7) is 9.32. The third-order valence-corrected chi connectivity index (χ3v) is 4.35. The minimum Gasteiger partial charge on any atom is -0.370 e. The number of hydrogen-bond acceptors (Lipinski definition) is 6. The molecule has 6 heteroatoms. The van der Waals surface area contributed by atoms with Gasteiger partial charge in [0, 0.05) is 23.2 Å². The molecule has 0 aliphatic carbocycles. The van der Waals surface area contributed by atoms with Gasteiger partial charge in [-0.25, -0.2) is 15.0 Å². The molecule has 0 bridgehead atoms. The smallest absolute Gasteiger partial charge is 0.135 e. The molecule has 114 valence electrons. The third kappa shape index (κ3) is 3.91. The van der Waals surface area contributed by atoms with Crippen LogP contribution in [-0.4, -0.2) is 21.5 Å². The zero-order valence-electron chi connectivity index (χ0n) is 13.1. The van der Waals surface area contributed by atoms with Gasteiger partial charge in [-0.3, -0.25) is 0 Å². The van der Waals surface area contributed by atoms with Crippen LogP contribution >= 0.6 is 11.3 Å². The lowest BCUT2D eigenvalue weighted by Crippen LogP contribution is -2.13. The first-order chi connectivity index (χ1) is 10.2. The molecule has 2 heterocycles. The molecule has 0 fully saturated rings. The van der Waals surface area contributed by atoms with Crippen molar-refractivity contribution in [3.8, 4) is 0 Å². The van der Waals surface area contributed by atoms with Crippen LogP contribution in [0.5, 0.6) is 0 Å². The maximum Gasteiger partial charge on any atom is 0.135 e. The number of nitrogens with zero attached hydrogens (tertiary/aromatic N) is 3. The van der Waals surface area contributed by atoms with Gasteiger partial charge < -0.3 is 10.6 Å². The first kappa shape index (κ1) is 15.7. The topological polar surface area (TPSA) is 62.7 Å². The molecule has 2 aromatic rings. The molecule has 2 aromatic heterocycles. The molecular formula is C15H23N5S. The average molecular weight is 305 g/mol. The Hall–Kier alpha value is -1.69. The zero-order chi connectivity index (χ0) is 15.2. The zero-order valence-corrected chi connectivity index (χ0v) is 13.9. The normalized spacial score (nSPS) is 12.2. The van der Waals surface area contributed by atoms with E-state index in [0.29, 0.717) is 0 Å². The Morgan fingerprint density at radius 1 is 1.24 bits per heavy atom. The maximum atomic E-state index is 4.53. The highest BCUT2D eigenvalue weighted by molar-refractivity contribution is 7.09. The van der Waals surface area contributed by atoms with Crippen molar-refractivity contribution in [3.63, 3.8) is 0 Å². The van der Waals surface area contributed by atoms with Crippen LogP contribution in [0.15, 0.2) is 11.7 Å². The lowest BCUT2D eigenvalue weighted by molar-refractivity contribution is 0.845. The lowest BCUT2D eigenvalue weighted by atomic mass is 10.2. The maximum absolute atomic E-state index is 4.53. The van der Waals surface area contributed by atoms with E-state index in [1.165, 1.54) is 0 Å². The Kier molecular flexibility index (Phi) is 5.50. The summed E-state index contributed by atoms with van der Waals surface area (Å²) in [5.41, 5.74) is 2.19. The molecule has 0 spiro atoms. The first-order valence-corrected chi connectivity index (χ1v) is 8.30. The number of anilines is 2. The molecule has 5 nitrogen and oxygen atoms in total. The summed E-state index contributed by atoms with van der Waals surface area (Å²) in [4.78, 5) is 13.3. The second kappa shape index (κ2) is 7.36. The molecule has 0 radical (unpaired) electrons. The van der Waals surface area contributed by atoms with E-state index in [4.69, 9.17) is 0 Å². The number of hydrogen-bond donors (Lipinski definition) is 2. The van der Waals surface area contributed by atoms with Crippen molar-refractivity contribution in [2.24, 2.45) is 0 Å². The monoisotopic (exact) mass is 305 g/mol. The van der Waals surface area contributed by atoms with Crippen molar-refractivity contribution in [1.29, 1.82) is 0 Å². The van der Waals surface area contributed by atoms with Crippen LogP contribution in [0.1, 0.15) is 49.5 Å². The minimum atomic E-state index is 0.142. The van der Waals surface area contributed by atoms with Gasteiger partial charge in [0.15, 0.2) is 0 Å². The summed E-state index contributed by atoms with van der Waals surface area (Å²) in [6.07, 6.45) is 3.57. The van der Waals surface area contributed by atoms with Crippen molar-refractivity contribution in [3.05, 3.63) is 28.0 Å². The molecule has 0 saturated carbocycles. The summed E-state index contributed by atoms with van der Waals surface area (Å²) in [6, 6.07) is 0.142. The molecule has 1 unspecified atom stereocenters. The van der Waals surface area contributed by atoms with Crippen molar-refractivity contribution in [2.75, 3.05) is 17.2 Å². The summed E-state index contributed by atoms with van der Waals surface area (Å²) in [7, 11) is 0. The number of aromatic nitrogens is 3. The molecule has 0 aromatic carbocycles. The van der Waals surface area contributed by atoms with Crippen LogP contribution in [0, 0.1) is 6.92 Å². The standard InChI is InChI=1S/C15H23N5S/c1-5-7-16-13-12(6-2)14(18-9-17-13)20-11(4)15-19-10(3)8-21-15/h8-9,11H,5-7H2,1-4H3,(H2,16,17,18,20). The predicted octanol–water partition coefficient (Wildman–Crippen LogP) is 3.80. The molecule has 21 heavy (non-hydrogen) atoms. The van der Waals surface area contributed by atoms with Gasteiger partial charge in [-0.15, -0.1) is 11.3 Å². The lowest BCUT2D eigenvalue weighted by Gasteiger charge is -2.17. The summed E-state index contributed by atoms with van der Waals surface area (Å²) >= 11 is 1.68. The van der Waals surface area contributed by atoms with Crippen molar-refractivity contribution in [2.45, 2.75) is 46.6 Å². The fourth-order valence-electron chi connectivity index (χ4n) is 2.11. The van der Waals surface area contributed by atoms with E-state index < -0.39 is 0 Å². The third-order valence-electron chi connectivity index (χ3n) is 3.20. The van der Waals surface area contributed by atoms with E-state index in [9.17, 15) is 0 Å².